The van der Waals surface area contributed by atoms with Crippen molar-refractivity contribution in [2.24, 2.45) is 7.05 Å². The number of aromatic nitrogens is 1. The summed E-state index contributed by atoms with van der Waals surface area (Å²) >= 11 is 0. The van der Waals surface area contributed by atoms with Crippen LogP contribution in [0.5, 0.6) is 5.75 Å². The summed E-state index contributed by atoms with van der Waals surface area (Å²) in [4.78, 5) is 26.0. The molecule has 152 valence electrons. The second-order valence-electron chi connectivity index (χ2n) is 6.26. The number of carbonyl (C=O) groups excluding carboxylic acids is 2. The van der Waals surface area contributed by atoms with E-state index in [9.17, 15) is 22.8 Å². The summed E-state index contributed by atoms with van der Waals surface area (Å²) in [5.41, 5.74) is 1.13. The van der Waals surface area contributed by atoms with Crippen LogP contribution in [0.2, 0.25) is 0 Å². The number of anilines is 1. The van der Waals surface area contributed by atoms with Crippen molar-refractivity contribution in [3.05, 3.63) is 48.3 Å². The lowest BCUT2D eigenvalue weighted by atomic mass is 10.2. The molecular weight excluding hydrogens is 377 g/mol. The third kappa shape index (κ3) is 6.02. The molecule has 2 rings (SSSR count). The van der Waals surface area contributed by atoms with Crippen LogP contribution in [0.1, 0.15) is 11.7 Å². The van der Waals surface area contributed by atoms with E-state index in [0.29, 0.717) is 0 Å². The average Bonchev–Trinajstić information content (AvgIpc) is 3.01. The Kier molecular flexibility index (Phi) is 6.68. The van der Waals surface area contributed by atoms with E-state index in [1.54, 1.807) is 0 Å². The van der Waals surface area contributed by atoms with E-state index in [4.69, 9.17) is 0 Å². The van der Waals surface area contributed by atoms with Crippen LogP contribution >= 0.6 is 0 Å². The van der Waals surface area contributed by atoms with E-state index in [2.05, 4.69) is 15.4 Å². The molecule has 0 saturated carbocycles. The number of carbonyl (C=O) groups is 2. The molecule has 0 saturated heterocycles. The third-order valence-corrected chi connectivity index (χ3v) is 3.96. The summed E-state index contributed by atoms with van der Waals surface area (Å²) in [7, 11) is 5.59. The molecule has 7 nitrogen and oxygen atoms in total. The molecule has 1 aromatic carbocycles. The Morgan fingerprint density at radius 1 is 1.14 bits per heavy atom. The molecule has 0 bridgehead atoms. The first-order valence-corrected chi connectivity index (χ1v) is 8.29. The SMILES string of the molecule is CN(C)C(CNC(=O)C(=O)Nc1ccc(OC(F)(F)F)cc1)c1cccn1C. The zero-order valence-electron chi connectivity index (χ0n) is 15.6. The molecule has 0 aliphatic rings. The van der Waals surface area contributed by atoms with Crippen molar-refractivity contribution in [1.82, 2.24) is 14.8 Å². The summed E-state index contributed by atoms with van der Waals surface area (Å²) in [5, 5.41) is 4.89. The fraction of sp³-hybridized carbons (Fsp3) is 0.333. The minimum Gasteiger partial charge on any atom is -0.406 e. The quantitative estimate of drug-likeness (QED) is 0.733. The highest BCUT2D eigenvalue weighted by atomic mass is 19.4. The normalized spacial score (nSPS) is 12.5. The number of ether oxygens (including phenoxy) is 1. The van der Waals surface area contributed by atoms with E-state index in [-0.39, 0.29) is 18.3 Å². The molecular formula is C18H21F3N4O3. The van der Waals surface area contributed by atoms with Crippen LogP contribution in [0.25, 0.3) is 0 Å². The Bertz CT molecular complexity index is 816. The summed E-state index contributed by atoms with van der Waals surface area (Å²) in [5.74, 6) is -2.20. The Morgan fingerprint density at radius 3 is 2.29 bits per heavy atom. The maximum atomic E-state index is 12.1. The lowest BCUT2D eigenvalue weighted by Gasteiger charge is -2.25. The number of nitrogens with one attached hydrogen (secondary N) is 2. The minimum absolute atomic E-state index is 0.143. The number of rotatable bonds is 6. The molecule has 1 aromatic heterocycles. The number of nitrogens with zero attached hydrogens (tertiary/aromatic N) is 2. The van der Waals surface area contributed by atoms with Crippen LogP contribution in [0.15, 0.2) is 42.6 Å². The molecule has 2 amide bonds. The molecule has 1 atom stereocenters. The van der Waals surface area contributed by atoms with E-state index in [0.717, 1.165) is 17.8 Å². The predicted molar refractivity (Wildman–Crippen MR) is 96.6 cm³/mol. The van der Waals surface area contributed by atoms with Gasteiger partial charge in [-0.25, -0.2) is 0 Å². The summed E-state index contributed by atoms with van der Waals surface area (Å²) in [6.45, 7) is 0.204. The topological polar surface area (TPSA) is 75.6 Å². The van der Waals surface area contributed by atoms with Crippen molar-refractivity contribution in [3.63, 3.8) is 0 Å². The van der Waals surface area contributed by atoms with Gasteiger partial charge >= 0.3 is 18.2 Å². The summed E-state index contributed by atoms with van der Waals surface area (Å²) in [6, 6.07) is 8.15. The standard InChI is InChI=1S/C18H21F3N4O3/c1-24(2)15(14-5-4-10-25(14)3)11-22-16(26)17(27)23-12-6-8-13(9-7-12)28-18(19,20)21/h4-10,15H,11H2,1-3H3,(H,22,26)(H,23,27). The number of amides is 2. The number of likely N-dealkylation sites (N-methyl/N-ethyl adjacent to an activating group) is 1. The van der Waals surface area contributed by atoms with Crippen molar-refractivity contribution in [2.45, 2.75) is 12.4 Å². The summed E-state index contributed by atoms with van der Waals surface area (Å²) < 4.78 is 42.1. The molecule has 10 heteroatoms. The van der Waals surface area contributed by atoms with Crippen LogP contribution in [0.4, 0.5) is 18.9 Å². The monoisotopic (exact) mass is 398 g/mol. The second-order valence-corrected chi connectivity index (χ2v) is 6.26. The smallest absolute Gasteiger partial charge is 0.406 e. The molecule has 0 aliphatic heterocycles. The lowest BCUT2D eigenvalue weighted by Crippen LogP contribution is -2.40. The fourth-order valence-corrected chi connectivity index (χ4v) is 2.57. The van der Waals surface area contributed by atoms with Gasteiger partial charge in [0.05, 0.1) is 6.04 Å². The molecule has 2 aromatic rings. The maximum Gasteiger partial charge on any atom is 0.573 e. The molecule has 28 heavy (non-hydrogen) atoms. The van der Waals surface area contributed by atoms with Gasteiger partial charge in [0.25, 0.3) is 0 Å². The lowest BCUT2D eigenvalue weighted by molar-refractivity contribution is -0.274. The molecule has 0 spiro atoms. The average molecular weight is 398 g/mol. The van der Waals surface area contributed by atoms with Crippen LogP contribution in [0, 0.1) is 0 Å². The second kappa shape index (κ2) is 8.79. The molecule has 1 heterocycles. The zero-order chi connectivity index (χ0) is 20.9. The van der Waals surface area contributed by atoms with E-state index < -0.39 is 23.9 Å². The number of alkyl halides is 3. The van der Waals surface area contributed by atoms with Gasteiger partial charge in [-0.2, -0.15) is 0 Å². The highest BCUT2D eigenvalue weighted by Crippen LogP contribution is 2.24. The summed E-state index contributed by atoms with van der Waals surface area (Å²) in [6.07, 6.45) is -2.92. The van der Waals surface area contributed by atoms with Crippen LogP contribution in [-0.2, 0) is 16.6 Å². The van der Waals surface area contributed by atoms with Gasteiger partial charge < -0.3 is 19.9 Å². The van der Waals surface area contributed by atoms with Crippen LogP contribution in [0.3, 0.4) is 0 Å². The first-order valence-electron chi connectivity index (χ1n) is 8.29. The van der Waals surface area contributed by atoms with Gasteiger partial charge in [0.2, 0.25) is 0 Å². The molecule has 0 fully saturated rings. The van der Waals surface area contributed by atoms with Crippen molar-refractivity contribution >= 4 is 17.5 Å². The number of aryl methyl sites for hydroxylation is 1. The third-order valence-electron chi connectivity index (χ3n) is 3.96. The van der Waals surface area contributed by atoms with Crippen LogP contribution in [-0.4, -0.2) is 48.3 Å². The van der Waals surface area contributed by atoms with Crippen molar-refractivity contribution < 1.29 is 27.5 Å². The van der Waals surface area contributed by atoms with E-state index in [1.807, 2.05) is 48.9 Å². The van der Waals surface area contributed by atoms with Crippen molar-refractivity contribution in [3.8, 4) is 5.75 Å². The number of hydrogen-bond acceptors (Lipinski definition) is 4. The Morgan fingerprint density at radius 2 is 1.79 bits per heavy atom. The molecule has 2 N–H and O–H groups in total. The Balaban J connectivity index is 1.92. The van der Waals surface area contributed by atoms with Gasteiger partial charge in [0.1, 0.15) is 5.75 Å². The largest absolute Gasteiger partial charge is 0.573 e. The number of halogens is 3. The van der Waals surface area contributed by atoms with Gasteiger partial charge in [-0.15, -0.1) is 13.2 Å². The highest BCUT2D eigenvalue weighted by molar-refractivity contribution is 6.39. The fourth-order valence-electron chi connectivity index (χ4n) is 2.57. The first kappa shape index (κ1) is 21.3. The van der Waals surface area contributed by atoms with Crippen LogP contribution < -0.4 is 15.4 Å². The Labute approximate surface area is 160 Å². The van der Waals surface area contributed by atoms with Gasteiger partial charge in [0.15, 0.2) is 0 Å². The van der Waals surface area contributed by atoms with E-state index in [1.165, 1.54) is 12.1 Å². The van der Waals surface area contributed by atoms with Gasteiger partial charge in [-0.1, -0.05) is 0 Å². The van der Waals surface area contributed by atoms with Gasteiger partial charge in [0, 0.05) is 31.2 Å². The van der Waals surface area contributed by atoms with Gasteiger partial charge in [-0.3, -0.25) is 14.5 Å². The molecule has 0 aliphatic carbocycles. The highest BCUT2D eigenvalue weighted by Gasteiger charge is 2.31. The first-order chi connectivity index (χ1) is 13.1. The van der Waals surface area contributed by atoms with E-state index >= 15 is 0 Å². The number of hydrogen-bond donors (Lipinski definition) is 2. The Hall–Kier alpha value is -3.01. The maximum absolute atomic E-state index is 12.1. The number of benzene rings is 1. The minimum atomic E-state index is -4.80. The predicted octanol–water partition coefficient (Wildman–Crippen LogP) is 2.28. The molecule has 1 unspecified atom stereocenters. The van der Waals surface area contributed by atoms with Crippen molar-refractivity contribution in [2.75, 3.05) is 26.0 Å². The zero-order valence-corrected chi connectivity index (χ0v) is 15.6. The van der Waals surface area contributed by atoms with Gasteiger partial charge in [-0.05, 0) is 50.5 Å². The molecule has 0 radical (unpaired) electrons. The van der Waals surface area contributed by atoms with Crippen molar-refractivity contribution in [1.29, 1.82) is 0 Å².